The number of imidazole rings is 1. The van der Waals surface area contributed by atoms with Gasteiger partial charge in [-0.2, -0.15) is 0 Å². The van der Waals surface area contributed by atoms with Gasteiger partial charge >= 0.3 is 0 Å². The van der Waals surface area contributed by atoms with E-state index in [4.69, 9.17) is 4.42 Å². The van der Waals surface area contributed by atoms with Crippen molar-refractivity contribution in [2.75, 3.05) is 13.1 Å². The highest BCUT2D eigenvalue weighted by molar-refractivity contribution is 5.74. The number of furan rings is 1. The zero-order chi connectivity index (χ0) is 14.1. The third-order valence-corrected chi connectivity index (χ3v) is 4.39. The fraction of sp³-hybridized carbons (Fsp3) is 0.353. The number of para-hydroxylation sites is 2. The van der Waals surface area contributed by atoms with Gasteiger partial charge in [0.2, 0.25) is 0 Å². The molecule has 0 amide bonds. The van der Waals surface area contributed by atoms with E-state index < -0.39 is 0 Å². The van der Waals surface area contributed by atoms with Gasteiger partial charge in [-0.05, 0) is 43.7 Å². The molecule has 4 heteroatoms. The predicted octanol–water partition coefficient (Wildman–Crippen LogP) is 3.47. The summed E-state index contributed by atoms with van der Waals surface area (Å²) in [6, 6.07) is 12.8. The molecule has 3 aromatic rings. The monoisotopic (exact) mass is 281 g/mol. The summed E-state index contributed by atoms with van der Waals surface area (Å²) in [5, 5.41) is 0. The fourth-order valence-electron chi connectivity index (χ4n) is 3.32. The first-order valence-corrected chi connectivity index (χ1v) is 7.59. The lowest BCUT2D eigenvalue weighted by Gasteiger charge is -2.23. The SMILES string of the molecule is c1coc(C2CCCN2CCn2cnc3ccccc32)c1. The van der Waals surface area contributed by atoms with E-state index in [9.17, 15) is 0 Å². The normalized spacial score (nSPS) is 19.5. The van der Waals surface area contributed by atoms with Gasteiger partial charge in [-0.1, -0.05) is 12.1 Å². The van der Waals surface area contributed by atoms with Crippen LogP contribution in [0.4, 0.5) is 0 Å². The smallest absolute Gasteiger partial charge is 0.120 e. The van der Waals surface area contributed by atoms with E-state index in [1.54, 1.807) is 6.26 Å². The van der Waals surface area contributed by atoms with Crippen LogP contribution in [0.25, 0.3) is 11.0 Å². The average Bonchev–Trinajstić information content (AvgIpc) is 3.25. The zero-order valence-corrected chi connectivity index (χ0v) is 12.0. The van der Waals surface area contributed by atoms with Gasteiger partial charge in [0.1, 0.15) is 5.76 Å². The summed E-state index contributed by atoms with van der Waals surface area (Å²) >= 11 is 0. The number of rotatable bonds is 4. The van der Waals surface area contributed by atoms with Crippen LogP contribution >= 0.6 is 0 Å². The Labute approximate surface area is 124 Å². The Hall–Kier alpha value is -2.07. The third kappa shape index (κ3) is 2.36. The molecule has 3 heterocycles. The number of nitrogens with zero attached hydrogens (tertiary/aromatic N) is 3. The topological polar surface area (TPSA) is 34.2 Å². The molecule has 0 aliphatic carbocycles. The van der Waals surface area contributed by atoms with Crippen LogP contribution in [0.2, 0.25) is 0 Å². The van der Waals surface area contributed by atoms with Crippen LogP contribution in [0.1, 0.15) is 24.6 Å². The minimum absolute atomic E-state index is 0.440. The number of fused-ring (bicyclic) bond motifs is 1. The maximum Gasteiger partial charge on any atom is 0.120 e. The highest BCUT2D eigenvalue weighted by Gasteiger charge is 2.27. The second-order valence-corrected chi connectivity index (χ2v) is 5.64. The van der Waals surface area contributed by atoms with Gasteiger partial charge in [-0.25, -0.2) is 4.98 Å². The van der Waals surface area contributed by atoms with E-state index in [0.29, 0.717) is 6.04 Å². The summed E-state index contributed by atoms with van der Waals surface area (Å²) in [5.74, 6) is 1.10. The molecule has 0 N–H and O–H groups in total. The van der Waals surface area contributed by atoms with Crippen molar-refractivity contribution < 1.29 is 4.42 Å². The van der Waals surface area contributed by atoms with Crippen LogP contribution in [0.3, 0.4) is 0 Å². The molecule has 2 aromatic heterocycles. The van der Waals surface area contributed by atoms with Crippen LogP contribution < -0.4 is 0 Å². The van der Waals surface area contributed by atoms with Gasteiger partial charge in [-0.15, -0.1) is 0 Å². The van der Waals surface area contributed by atoms with E-state index in [-0.39, 0.29) is 0 Å². The summed E-state index contributed by atoms with van der Waals surface area (Å²) in [7, 11) is 0. The first kappa shape index (κ1) is 12.7. The van der Waals surface area contributed by atoms with E-state index in [0.717, 1.165) is 30.9 Å². The summed E-state index contributed by atoms with van der Waals surface area (Å²) in [6.07, 6.45) is 6.16. The Bertz CT molecular complexity index is 717. The minimum atomic E-state index is 0.440. The first-order valence-electron chi connectivity index (χ1n) is 7.59. The van der Waals surface area contributed by atoms with Crippen molar-refractivity contribution in [3.63, 3.8) is 0 Å². The molecule has 21 heavy (non-hydrogen) atoms. The first-order chi connectivity index (χ1) is 10.4. The van der Waals surface area contributed by atoms with Crippen molar-refractivity contribution >= 4 is 11.0 Å². The average molecular weight is 281 g/mol. The Morgan fingerprint density at radius 1 is 1.14 bits per heavy atom. The molecule has 1 aliphatic rings. The van der Waals surface area contributed by atoms with Crippen molar-refractivity contribution in [1.82, 2.24) is 14.5 Å². The molecule has 1 fully saturated rings. The second-order valence-electron chi connectivity index (χ2n) is 5.64. The van der Waals surface area contributed by atoms with Crippen molar-refractivity contribution in [3.8, 4) is 0 Å². The summed E-state index contributed by atoms with van der Waals surface area (Å²) in [5.41, 5.74) is 2.28. The van der Waals surface area contributed by atoms with Crippen LogP contribution in [0.5, 0.6) is 0 Å². The van der Waals surface area contributed by atoms with Crippen LogP contribution in [0.15, 0.2) is 53.4 Å². The molecule has 108 valence electrons. The second kappa shape index (κ2) is 5.37. The molecule has 0 saturated carbocycles. The lowest BCUT2D eigenvalue weighted by Crippen LogP contribution is -2.26. The minimum Gasteiger partial charge on any atom is -0.468 e. The Morgan fingerprint density at radius 2 is 2.10 bits per heavy atom. The quantitative estimate of drug-likeness (QED) is 0.734. The molecule has 1 atom stereocenters. The highest BCUT2D eigenvalue weighted by atomic mass is 16.3. The van der Waals surface area contributed by atoms with Crippen molar-refractivity contribution in [2.45, 2.75) is 25.4 Å². The standard InChI is InChI=1S/C17H19N3O/c1-2-6-15-14(5-1)18-13-20(15)11-10-19-9-3-7-16(19)17-8-4-12-21-17/h1-2,4-6,8,12-13,16H,3,7,9-11H2. The number of benzene rings is 1. The number of hydrogen-bond acceptors (Lipinski definition) is 3. The molecule has 1 saturated heterocycles. The van der Waals surface area contributed by atoms with Gasteiger partial charge in [-0.3, -0.25) is 4.90 Å². The Balaban J connectivity index is 1.49. The van der Waals surface area contributed by atoms with Crippen molar-refractivity contribution in [2.24, 2.45) is 0 Å². The molecule has 0 radical (unpaired) electrons. The lowest BCUT2D eigenvalue weighted by atomic mass is 10.1. The molecule has 1 aliphatic heterocycles. The third-order valence-electron chi connectivity index (χ3n) is 4.39. The largest absolute Gasteiger partial charge is 0.468 e. The Kier molecular flexibility index (Phi) is 3.24. The van der Waals surface area contributed by atoms with Crippen molar-refractivity contribution in [1.29, 1.82) is 0 Å². The summed E-state index contributed by atoms with van der Waals surface area (Å²) < 4.78 is 7.84. The molecule has 0 spiro atoms. The van der Waals surface area contributed by atoms with Crippen LogP contribution in [-0.2, 0) is 6.54 Å². The highest BCUT2D eigenvalue weighted by Crippen LogP contribution is 2.31. The number of hydrogen-bond donors (Lipinski definition) is 0. The van der Waals surface area contributed by atoms with Gasteiger partial charge in [0, 0.05) is 13.1 Å². The van der Waals surface area contributed by atoms with Gasteiger partial charge in [0.15, 0.2) is 0 Å². The van der Waals surface area contributed by atoms with Crippen molar-refractivity contribution in [3.05, 3.63) is 54.7 Å². The summed E-state index contributed by atoms with van der Waals surface area (Å²) in [4.78, 5) is 6.98. The van der Waals surface area contributed by atoms with Crippen LogP contribution in [-0.4, -0.2) is 27.5 Å². The van der Waals surface area contributed by atoms with Gasteiger partial charge in [0.05, 0.1) is 29.7 Å². The van der Waals surface area contributed by atoms with Gasteiger partial charge < -0.3 is 8.98 Å². The molecule has 0 bridgehead atoms. The summed E-state index contributed by atoms with van der Waals surface area (Å²) in [6.45, 7) is 3.15. The Morgan fingerprint density at radius 3 is 3.00 bits per heavy atom. The maximum absolute atomic E-state index is 5.59. The molecule has 1 aromatic carbocycles. The number of likely N-dealkylation sites (tertiary alicyclic amines) is 1. The van der Waals surface area contributed by atoms with Gasteiger partial charge in [0.25, 0.3) is 0 Å². The molecular weight excluding hydrogens is 262 g/mol. The molecule has 4 rings (SSSR count). The molecule has 4 nitrogen and oxygen atoms in total. The van der Waals surface area contributed by atoms with E-state index in [2.05, 4.69) is 38.7 Å². The lowest BCUT2D eigenvalue weighted by molar-refractivity contribution is 0.221. The number of aromatic nitrogens is 2. The van der Waals surface area contributed by atoms with E-state index in [1.165, 1.54) is 18.4 Å². The maximum atomic E-state index is 5.59. The zero-order valence-electron chi connectivity index (χ0n) is 12.0. The predicted molar refractivity (Wildman–Crippen MR) is 82.0 cm³/mol. The van der Waals surface area contributed by atoms with Crippen LogP contribution in [0, 0.1) is 0 Å². The van der Waals surface area contributed by atoms with E-state index in [1.807, 2.05) is 18.5 Å². The molecular formula is C17H19N3O. The molecule has 1 unspecified atom stereocenters. The van der Waals surface area contributed by atoms with E-state index >= 15 is 0 Å². The fourth-order valence-corrected chi connectivity index (χ4v) is 3.32.